The number of rotatable bonds is 6. The van der Waals surface area contributed by atoms with Crippen molar-refractivity contribution in [2.75, 3.05) is 21.3 Å². The fourth-order valence-electron chi connectivity index (χ4n) is 3.66. The molecule has 0 aromatic carbocycles. The lowest BCUT2D eigenvalue weighted by atomic mass is 9.84. The van der Waals surface area contributed by atoms with Gasteiger partial charge in [0.1, 0.15) is 5.69 Å². The van der Waals surface area contributed by atoms with Crippen LogP contribution in [0.15, 0.2) is 6.20 Å². The van der Waals surface area contributed by atoms with Crippen molar-refractivity contribution in [1.82, 2.24) is 15.1 Å². The van der Waals surface area contributed by atoms with Gasteiger partial charge < -0.3 is 14.8 Å². The number of ether oxygens (including phenoxy) is 2. The van der Waals surface area contributed by atoms with Gasteiger partial charge in [-0.15, -0.1) is 0 Å². The zero-order valence-corrected chi connectivity index (χ0v) is 13.8. The summed E-state index contributed by atoms with van der Waals surface area (Å²) in [5.74, 6) is 0.844. The third-order valence-corrected chi connectivity index (χ3v) is 4.81. The SMILES string of the molecule is CCn1ncc(OC)c1C(NC)C1(OC)CCCCCC1. The number of nitrogens with one attached hydrogen (secondary N) is 1. The molecule has 1 atom stereocenters. The van der Waals surface area contributed by atoms with Gasteiger partial charge in [-0.1, -0.05) is 25.7 Å². The van der Waals surface area contributed by atoms with E-state index in [-0.39, 0.29) is 11.6 Å². The van der Waals surface area contributed by atoms with Crippen LogP contribution in [0.2, 0.25) is 0 Å². The van der Waals surface area contributed by atoms with Crippen LogP contribution in [0.4, 0.5) is 0 Å². The van der Waals surface area contributed by atoms with E-state index in [2.05, 4.69) is 17.3 Å². The number of aryl methyl sites for hydroxylation is 1. The first kappa shape index (κ1) is 16.3. The van der Waals surface area contributed by atoms with Crippen LogP contribution >= 0.6 is 0 Å². The molecular weight excluding hydrogens is 266 g/mol. The van der Waals surface area contributed by atoms with E-state index in [1.54, 1.807) is 7.11 Å². The van der Waals surface area contributed by atoms with Gasteiger partial charge in [0.05, 0.1) is 24.9 Å². The van der Waals surface area contributed by atoms with Crippen LogP contribution in [0.5, 0.6) is 5.75 Å². The standard InChI is InChI=1S/C16H29N3O2/c1-5-19-14(13(20-3)12-18-19)15(17-2)16(21-4)10-8-6-7-9-11-16/h12,15,17H,5-11H2,1-4H3. The second-order valence-corrected chi connectivity index (χ2v) is 5.82. The summed E-state index contributed by atoms with van der Waals surface area (Å²) in [4.78, 5) is 0. The second-order valence-electron chi connectivity index (χ2n) is 5.82. The average molecular weight is 295 g/mol. The minimum atomic E-state index is -0.175. The summed E-state index contributed by atoms with van der Waals surface area (Å²) < 4.78 is 13.6. The summed E-state index contributed by atoms with van der Waals surface area (Å²) in [7, 11) is 5.55. The zero-order chi connectivity index (χ0) is 15.3. The molecule has 5 heteroatoms. The molecule has 1 fully saturated rings. The molecule has 1 unspecified atom stereocenters. The maximum Gasteiger partial charge on any atom is 0.161 e. The minimum Gasteiger partial charge on any atom is -0.493 e. The molecule has 1 saturated carbocycles. The average Bonchev–Trinajstić information content (AvgIpc) is 2.77. The van der Waals surface area contributed by atoms with Gasteiger partial charge in [0, 0.05) is 13.7 Å². The quantitative estimate of drug-likeness (QED) is 0.820. The molecule has 0 aliphatic heterocycles. The highest BCUT2D eigenvalue weighted by Gasteiger charge is 2.42. The van der Waals surface area contributed by atoms with Crippen LogP contribution in [0.25, 0.3) is 0 Å². The Morgan fingerprint density at radius 3 is 2.43 bits per heavy atom. The van der Waals surface area contributed by atoms with Gasteiger partial charge in [-0.25, -0.2) is 0 Å². The molecular formula is C16H29N3O2. The smallest absolute Gasteiger partial charge is 0.161 e. The molecule has 0 spiro atoms. The molecule has 1 heterocycles. The predicted molar refractivity (Wildman–Crippen MR) is 83.7 cm³/mol. The van der Waals surface area contributed by atoms with E-state index >= 15 is 0 Å². The Labute approximate surface area is 128 Å². The zero-order valence-electron chi connectivity index (χ0n) is 13.8. The Kier molecular flexibility index (Phi) is 5.65. The third-order valence-electron chi connectivity index (χ3n) is 4.81. The van der Waals surface area contributed by atoms with E-state index in [0.29, 0.717) is 0 Å². The van der Waals surface area contributed by atoms with E-state index in [0.717, 1.165) is 30.8 Å². The van der Waals surface area contributed by atoms with Crippen LogP contribution in [-0.4, -0.2) is 36.6 Å². The van der Waals surface area contributed by atoms with E-state index < -0.39 is 0 Å². The molecule has 2 rings (SSSR count). The van der Waals surface area contributed by atoms with Crippen molar-refractivity contribution in [2.24, 2.45) is 0 Å². The Morgan fingerprint density at radius 2 is 1.95 bits per heavy atom. The van der Waals surface area contributed by atoms with Crippen molar-refractivity contribution in [2.45, 2.75) is 63.6 Å². The molecule has 120 valence electrons. The highest BCUT2D eigenvalue weighted by Crippen LogP contribution is 2.42. The first-order valence-corrected chi connectivity index (χ1v) is 8.04. The summed E-state index contributed by atoms with van der Waals surface area (Å²) in [5, 5.41) is 7.93. The molecule has 5 nitrogen and oxygen atoms in total. The number of nitrogens with zero attached hydrogens (tertiary/aromatic N) is 2. The summed E-state index contributed by atoms with van der Waals surface area (Å²) in [6.45, 7) is 2.94. The Balaban J connectivity index is 2.43. The first-order valence-electron chi connectivity index (χ1n) is 8.04. The minimum absolute atomic E-state index is 0.0954. The van der Waals surface area contributed by atoms with Gasteiger partial charge >= 0.3 is 0 Å². The lowest BCUT2D eigenvalue weighted by Crippen LogP contribution is -2.45. The van der Waals surface area contributed by atoms with Crippen LogP contribution in [0.1, 0.15) is 57.2 Å². The van der Waals surface area contributed by atoms with Gasteiger partial charge in [-0.05, 0) is 26.8 Å². The molecule has 1 aliphatic rings. The van der Waals surface area contributed by atoms with Crippen molar-refractivity contribution in [3.63, 3.8) is 0 Å². The fraction of sp³-hybridized carbons (Fsp3) is 0.812. The van der Waals surface area contributed by atoms with E-state index in [9.17, 15) is 0 Å². The van der Waals surface area contributed by atoms with Gasteiger partial charge in [0.15, 0.2) is 5.75 Å². The fourth-order valence-corrected chi connectivity index (χ4v) is 3.66. The maximum absolute atomic E-state index is 6.08. The second kappa shape index (κ2) is 7.27. The third kappa shape index (κ3) is 3.09. The molecule has 21 heavy (non-hydrogen) atoms. The number of hydrogen-bond acceptors (Lipinski definition) is 4. The lowest BCUT2D eigenvalue weighted by molar-refractivity contribution is -0.0547. The summed E-state index contributed by atoms with van der Waals surface area (Å²) in [6.07, 6.45) is 8.99. The summed E-state index contributed by atoms with van der Waals surface area (Å²) in [5.41, 5.74) is 0.928. The molecule has 0 saturated heterocycles. The maximum atomic E-state index is 6.08. The number of methoxy groups -OCH3 is 2. The Bertz CT molecular complexity index is 415. The number of aromatic nitrogens is 2. The van der Waals surface area contributed by atoms with Gasteiger partial charge in [0.2, 0.25) is 0 Å². The van der Waals surface area contributed by atoms with Crippen LogP contribution in [0.3, 0.4) is 0 Å². The number of likely N-dealkylation sites (N-methyl/N-ethyl adjacent to an activating group) is 1. The lowest BCUT2D eigenvalue weighted by Gasteiger charge is -2.39. The van der Waals surface area contributed by atoms with Crippen LogP contribution < -0.4 is 10.1 Å². The molecule has 0 amide bonds. The van der Waals surface area contributed by atoms with Gasteiger partial charge in [-0.3, -0.25) is 4.68 Å². The normalized spacial score (nSPS) is 20.0. The van der Waals surface area contributed by atoms with Gasteiger partial charge in [-0.2, -0.15) is 5.10 Å². The highest BCUT2D eigenvalue weighted by molar-refractivity contribution is 5.31. The van der Waals surface area contributed by atoms with Crippen LogP contribution in [-0.2, 0) is 11.3 Å². The van der Waals surface area contributed by atoms with Crippen molar-refractivity contribution in [3.8, 4) is 5.75 Å². The molecule has 1 aliphatic carbocycles. The molecule has 0 bridgehead atoms. The molecule has 0 radical (unpaired) electrons. The highest BCUT2D eigenvalue weighted by atomic mass is 16.5. The Morgan fingerprint density at radius 1 is 1.29 bits per heavy atom. The molecule has 1 aromatic heterocycles. The predicted octanol–water partition coefficient (Wildman–Crippen LogP) is 2.91. The van der Waals surface area contributed by atoms with Crippen molar-refractivity contribution < 1.29 is 9.47 Å². The topological polar surface area (TPSA) is 48.3 Å². The monoisotopic (exact) mass is 295 g/mol. The summed E-state index contributed by atoms with van der Waals surface area (Å²) >= 11 is 0. The molecule has 1 aromatic rings. The van der Waals surface area contributed by atoms with E-state index in [4.69, 9.17) is 9.47 Å². The largest absolute Gasteiger partial charge is 0.493 e. The van der Waals surface area contributed by atoms with E-state index in [1.165, 1.54) is 25.7 Å². The number of hydrogen-bond donors (Lipinski definition) is 1. The first-order chi connectivity index (χ1) is 10.2. The molecule has 1 N–H and O–H groups in total. The van der Waals surface area contributed by atoms with Crippen molar-refractivity contribution in [3.05, 3.63) is 11.9 Å². The van der Waals surface area contributed by atoms with Crippen molar-refractivity contribution >= 4 is 0 Å². The Hall–Kier alpha value is -1.07. The van der Waals surface area contributed by atoms with E-state index in [1.807, 2.05) is 25.0 Å². The van der Waals surface area contributed by atoms with Crippen molar-refractivity contribution in [1.29, 1.82) is 0 Å². The van der Waals surface area contributed by atoms with Gasteiger partial charge in [0.25, 0.3) is 0 Å². The van der Waals surface area contributed by atoms with Crippen LogP contribution in [0, 0.1) is 0 Å². The summed E-state index contributed by atoms with van der Waals surface area (Å²) in [6, 6.07) is 0.0954.